The van der Waals surface area contributed by atoms with E-state index in [1.54, 1.807) is 19.1 Å². The molecule has 1 saturated carbocycles. The van der Waals surface area contributed by atoms with Crippen LogP contribution in [0, 0.1) is 17.2 Å². The average Bonchev–Trinajstić information content (AvgIpc) is 3.41. The van der Waals surface area contributed by atoms with Crippen molar-refractivity contribution in [3.8, 4) is 6.07 Å². The van der Waals surface area contributed by atoms with Gasteiger partial charge in [-0.25, -0.2) is 4.79 Å². The second-order valence-electron chi connectivity index (χ2n) is 7.21. The fourth-order valence-corrected chi connectivity index (χ4v) is 3.87. The highest BCUT2D eigenvalue weighted by atomic mass is 35.5. The highest BCUT2D eigenvalue weighted by Crippen LogP contribution is 2.39. The topological polar surface area (TPSA) is 102 Å². The molecule has 1 heterocycles. The fourth-order valence-electron chi connectivity index (χ4n) is 3.27. The normalized spacial score (nSPS) is 24.2. The standard InChI is InChI=1S/C18H18Cl2N4O3/c1-17(9-21,10-3-4-10)22-14(25)8-24-15(26)18(2,23-16(24)27)12-6-5-11(19)7-13(12)20/h5-7,10H,3-4,8H2,1-2H3,(H,22,25)(H,23,27)/t17-,18-/m0/s1. The monoisotopic (exact) mass is 408 g/mol. The van der Waals surface area contributed by atoms with Gasteiger partial charge in [0, 0.05) is 15.6 Å². The van der Waals surface area contributed by atoms with Gasteiger partial charge >= 0.3 is 6.03 Å². The van der Waals surface area contributed by atoms with Gasteiger partial charge in [0.2, 0.25) is 5.91 Å². The van der Waals surface area contributed by atoms with Gasteiger partial charge in [0.1, 0.15) is 17.6 Å². The molecule has 1 aromatic carbocycles. The lowest BCUT2D eigenvalue weighted by atomic mass is 9.92. The molecule has 0 aromatic heterocycles. The van der Waals surface area contributed by atoms with E-state index in [9.17, 15) is 19.6 Å². The average molecular weight is 409 g/mol. The molecule has 2 fully saturated rings. The Morgan fingerprint density at radius 1 is 1.44 bits per heavy atom. The second kappa shape index (κ2) is 6.70. The summed E-state index contributed by atoms with van der Waals surface area (Å²) >= 11 is 12.1. The number of urea groups is 1. The van der Waals surface area contributed by atoms with E-state index in [0.29, 0.717) is 10.6 Å². The highest BCUT2D eigenvalue weighted by molar-refractivity contribution is 6.35. The minimum atomic E-state index is -1.41. The number of rotatable bonds is 5. The molecule has 27 heavy (non-hydrogen) atoms. The molecule has 0 radical (unpaired) electrons. The number of amides is 4. The number of imide groups is 1. The zero-order valence-corrected chi connectivity index (χ0v) is 16.3. The number of carbonyl (C=O) groups is 3. The summed E-state index contributed by atoms with van der Waals surface area (Å²) in [5, 5.41) is 15.2. The van der Waals surface area contributed by atoms with Crippen molar-refractivity contribution in [2.75, 3.05) is 6.54 Å². The lowest BCUT2D eigenvalue weighted by Gasteiger charge is -2.25. The van der Waals surface area contributed by atoms with E-state index in [0.717, 1.165) is 17.7 Å². The Balaban J connectivity index is 1.78. The van der Waals surface area contributed by atoms with Crippen molar-refractivity contribution in [3.63, 3.8) is 0 Å². The Kier molecular flexibility index (Phi) is 4.83. The maximum absolute atomic E-state index is 12.9. The van der Waals surface area contributed by atoms with Crippen LogP contribution in [0.3, 0.4) is 0 Å². The molecule has 1 saturated heterocycles. The Morgan fingerprint density at radius 2 is 2.11 bits per heavy atom. The van der Waals surface area contributed by atoms with Gasteiger partial charge in [-0.1, -0.05) is 29.3 Å². The number of hydrogen-bond acceptors (Lipinski definition) is 4. The number of halogens is 2. The third-order valence-corrected chi connectivity index (χ3v) is 5.62. The lowest BCUT2D eigenvalue weighted by molar-refractivity contribution is -0.135. The Morgan fingerprint density at radius 3 is 2.67 bits per heavy atom. The zero-order valence-electron chi connectivity index (χ0n) is 14.8. The van der Waals surface area contributed by atoms with Gasteiger partial charge in [-0.2, -0.15) is 5.26 Å². The number of nitrogens with zero attached hydrogens (tertiary/aromatic N) is 2. The number of nitriles is 1. The van der Waals surface area contributed by atoms with Crippen LogP contribution in [-0.2, 0) is 15.1 Å². The van der Waals surface area contributed by atoms with Crippen LogP contribution < -0.4 is 10.6 Å². The summed E-state index contributed by atoms with van der Waals surface area (Å²) in [5.74, 6) is -1.08. The predicted octanol–water partition coefficient (Wildman–Crippen LogP) is 2.57. The lowest BCUT2D eigenvalue weighted by Crippen LogP contribution is -2.51. The van der Waals surface area contributed by atoms with E-state index in [2.05, 4.69) is 16.7 Å². The minimum Gasteiger partial charge on any atom is -0.336 e. The second-order valence-corrected chi connectivity index (χ2v) is 8.05. The molecule has 3 rings (SSSR count). The van der Waals surface area contributed by atoms with Gasteiger partial charge in [-0.3, -0.25) is 14.5 Å². The third kappa shape index (κ3) is 3.47. The van der Waals surface area contributed by atoms with Crippen molar-refractivity contribution in [2.24, 2.45) is 5.92 Å². The van der Waals surface area contributed by atoms with Crippen LogP contribution in [0.1, 0.15) is 32.3 Å². The molecule has 0 bridgehead atoms. The quantitative estimate of drug-likeness (QED) is 0.730. The highest BCUT2D eigenvalue weighted by Gasteiger charge is 2.51. The van der Waals surface area contributed by atoms with E-state index in [1.807, 2.05) is 0 Å². The summed E-state index contributed by atoms with van der Waals surface area (Å²) in [6.45, 7) is 2.69. The van der Waals surface area contributed by atoms with Crippen molar-refractivity contribution < 1.29 is 14.4 Å². The maximum Gasteiger partial charge on any atom is 0.325 e. The molecule has 4 amide bonds. The first kappa shape index (κ1) is 19.5. The summed E-state index contributed by atoms with van der Waals surface area (Å²) in [4.78, 5) is 38.4. The molecule has 9 heteroatoms. The molecule has 7 nitrogen and oxygen atoms in total. The van der Waals surface area contributed by atoms with Gasteiger partial charge < -0.3 is 10.6 Å². The summed E-state index contributed by atoms with van der Waals surface area (Å²) in [7, 11) is 0. The number of benzene rings is 1. The summed E-state index contributed by atoms with van der Waals surface area (Å²) < 4.78 is 0. The minimum absolute atomic E-state index is 0.0905. The van der Waals surface area contributed by atoms with Gasteiger partial charge in [0.25, 0.3) is 5.91 Å². The molecule has 0 spiro atoms. The largest absolute Gasteiger partial charge is 0.336 e. The van der Waals surface area contributed by atoms with Crippen molar-refractivity contribution in [2.45, 2.75) is 37.8 Å². The van der Waals surface area contributed by atoms with Crippen molar-refractivity contribution >= 4 is 41.0 Å². The molecule has 1 aliphatic carbocycles. The van der Waals surface area contributed by atoms with E-state index in [1.165, 1.54) is 13.0 Å². The van der Waals surface area contributed by atoms with Crippen LogP contribution in [-0.4, -0.2) is 34.8 Å². The van der Waals surface area contributed by atoms with Crippen LogP contribution in [0.5, 0.6) is 0 Å². The molecule has 2 atom stereocenters. The van der Waals surface area contributed by atoms with Crippen molar-refractivity contribution in [1.29, 1.82) is 5.26 Å². The summed E-state index contributed by atoms with van der Waals surface area (Å²) in [5.41, 5.74) is -2.03. The van der Waals surface area contributed by atoms with Crippen LogP contribution in [0.2, 0.25) is 10.0 Å². The van der Waals surface area contributed by atoms with Gasteiger partial charge in [-0.05, 0) is 44.7 Å². The molecule has 1 aromatic rings. The zero-order chi connectivity index (χ0) is 20.0. The third-order valence-electron chi connectivity index (χ3n) is 5.07. The first-order valence-corrected chi connectivity index (χ1v) is 9.18. The Hall–Kier alpha value is -2.30. The first-order valence-electron chi connectivity index (χ1n) is 8.42. The molecule has 0 unspecified atom stereocenters. The number of hydrogen-bond donors (Lipinski definition) is 2. The van der Waals surface area contributed by atoms with Crippen molar-refractivity contribution in [3.05, 3.63) is 33.8 Å². The van der Waals surface area contributed by atoms with Crippen molar-refractivity contribution in [1.82, 2.24) is 15.5 Å². The molecule has 1 aliphatic heterocycles. The molecule has 2 N–H and O–H groups in total. The molecular formula is C18H18Cl2N4O3. The first-order chi connectivity index (χ1) is 12.6. The van der Waals surface area contributed by atoms with Gasteiger partial charge in [0.15, 0.2) is 0 Å². The number of nitrogens with one attached hydrogen (secondary N) is 2. The van der Waals surface area contributed by atoms with E-state index >= 15 is 0 Å². The van der Waals surface area contributed by atoms with E-state index in [4.69, 9.17) is 23.2 Å². The van der Waals surface area contributed by atoms with E-state index in [-0.39, 0.29) is 10.9 Å². The van der Waals surface area contributed by atoms with Gasteiger partial charge in [-0.15, -0.1) is 0 Å². The van der Waals surface area contributed by atoms with Crippen LogP contribution >= 0.6 is 23.2 Å². The predicted molar refractivity (Wildman–Crippen MR) is 98.9 cm³/mol. The summed E-state index contributed by atoms with van der Waals surface area (Å²) in [6, 6.07) is 6.01. The van der Waals surface area contributed by atoms with Crippen LogP contribution in [0.15, 0.2) is 18.2 Å². The maximum atomic E-state index is 12.9. The molecule has 2 aliphatic rings. The van der Waals surface area contributed by atoms with Crippen LogP contribution in [0.25, 0.3) is 0 Å². The fraction of sp³-hybridized carbons (Fsp3) is 0.444. The Bertz CT molecular complexity index is 880. The molecule has 142 valence electrons. The van der Waals surface area contributed by atoms with Crippen LogP contribution in [0.4, 0.5) is 4.79 Å². The summed E-state index contributed by atoms with van der Waals surface area (Å²) in [6.07, 6.45) is 1.72. The Labute approximate surface area is 166 Å². The molecular weight excluding hydrogens is 391 g/mol. The number of carbonyl (C=O) groups excluding carboxylic acids is 3. The smallest absolute Gasteiger partial charge is 0.325 e. The SMILES string of the molecule is C[C@@]1(c2ccc(Cl)cc2Cl)NC(=O)N(CC(=O)N[C@@](C)(C#N)C2CC2)C1=O. The van der Waals surface area contributed by atoms with E-state index < -0.39 is 35.5 Å². The van der Waals surface area contributed by atoms with Gasteiger partial charge in [0.05, 0.1) is 6.07 Å².